The second kappa shape index (κ2) is 5.50. The van der Waals surface area contributed by atoms with Crippen molar-refractivity contribution in [2.75, 3.05) is 6.61 Å². The molecule has 0 aliphatic carbocycles. The largest absolute Gasteiger partial charge is 0.377 e. The molecule has 7 nitrogen and oxygen atoms in total. The maximum atomic E-state index is 5.95. The van der Waals surface area contributed by atoms with Crippen LogP contribution >= 0.6 is 0 Å². The van der Waals surface area contributed by atoms with E-state index in [0.717, 1.165) is 11.3 Å². The van der Waals surface area contributed by atoms with Gasteiger partial charge in [-0.3, -0.25) is 4.68 Å². The molecule has 2 aromatic heterocycles. The molecule has 1 unspecified atom stereocenters. The van der Waals surface area contributed by atoms with E-state index in [-0.39, 0.29) is 6.10 Å². The van der Waals surface area contributed by atoms with Gasteiger partial charge in [0.1, 0.15) is 0 Å². The van der Waals surface area contributed by atoms with Crippen LogP contribution in [0.4, 0.5) is 0 Å². The highest BCUT2D eigenvalue weighted by atomic mass is 16.5. The molecule has 0 amide bonds. The molecule has 0 aromatic carbocycles. The zero-order valence-corrected chi connectivity index (χ0v) is 11.6. The van der Waals surface area contributed by atoms with E-state index in [9.17, 15) is 0 Å². The Hall–Kier alpha value is -1.73. The normalized spacial score (nSPS) is 13.2. The predicted octanol–water partition coefficient (Wildman–Crippen LogP) is 1.20. The third-order valence-corrected chi connectivity index (χ3v) is 2.85. The van der Waals surface area contributed by atoms with E-state index in [1.54, 1.807) is 10.9 Å². The Labute approximate surface area is 111 Å². The molecule has 104 valence electrons. The number of aromatic nitrogens is 4. The van der Waals surface area contributed by atoms with Crippen molar-refractivity contribution in [2.45, 2.75) is 32.9 Å². The van der Waals surface area contributed by atoms with Gasteiger partial charge in [0, 0.05) is 12.7 Å². The first kappa shape index (κ1) is 13.7. The number of hydrogen-bond acceptors (Lipinski definition) is 6. The van der Waals surface area contributed by atoms with E-state index in [4.69, 9.17) is 15.0 Å². The molecular formula is C12H19N5O2. The first-order chi connectivity index (χ1) is 8.99. The van der Waals surface area contributed by atoms with Crippen molar-refractivity contribution in [3.8, 4) is 11.5 Å². The first-order valence-corrected chi connectivity index (χ1v) is 6.18. The Morgan fingerprint density at radius 1 is 1.47 bits per heavy atom. The van der Waals surface area contributed by atoms with Gasteiger partial charge in [0.25, 0.3) is 5.89 Å². The summed E-state index contributed by atoms with van der Waals surface area (Å²) in [5.74, 6) is 0.875. The smallest absolute Gasteiger partial charge is 0.261 e. The van der Waals surface area contributed by atoms with Crippen LogP contribution in [-0.2, 0) is 11.8 Å². The van der Waals surface area contributed by atoms with Crippen LogP contribution in [-0.4, -0.2) is 32.6 Å². The van der Waals surface area contributed by atoms with Crippen molar-refractivity contribution in [3.63, 3.8) is 0 Å². The summed E-state index contributed by atoms with van der Waals surface area (Å²) in [4.78, 5) is 4.30. The van der Waals surface area contributed by atoms with Gasteiger partial charge in [-0.25, -0.2) is 0 Å². The molecule has 0 aliphatic heterocycles. The Bertz CT molecular complexity index is 546. The van der Waals surface area contributed by atoms with Crippen molar-refractivity contribution in [2.24, 2.45) is 12.8 Å². The number of nitrogens with two attached hydrogens (primary N) is 1. The molecule has 0 radical (unpaired) electrons. The summed E-state index contributed by atoms with van der Waals surface area (Å²) in [6, 6.07) is -0.392. The van der Waals surface area contributed by atoms with Gasteiger partial charge in [-0.15, -0.1) is 0 Å². The standard InChI is InChI=1S/C12H19N5O2/c1-7(2)18-6-10(13)11-15-12(19-16-11)9-5-14-17(4)8(9)3/h5,7,10H,6,13H2,1-4H3. The summed E-state index contributed by atoms with van der Waals surface area (Å²) in [6.45, 7) is 6.21. The van der Waals surface area contributed by atoms with E-state index in [2.05, 4.69) is 15.2 Å². The van der Waals surface area contributed by atoms with Gasteiger partial charge in [-0.1, -0.05) is 5.16 Å². The molecule has 0 fully saturated rings. The van der Waals surface area contributed by atoms with Crippen LogP contribution in [0.1, 0.15) is 31.4 Å². The molecule has 0 saturated carbocycles. The zero-order valence-electron chi connectivity index (χ0n) is 11.6. The topological polar surface area (TPSA) is 92.0 Å². The molecule has 19 heavy (non-hydrogen) atoms. The van der Waals surface area contributed by atoms with Crippen molar-refractivity contribution in [3.05, 3.63) is 17.7 Å². The van der Waals surface area contributed by atoms with Gasteiger partial charge in [-0.05, 0) is 20.8 Å². The predicted molar refractivity (Wildman–Crippen MR) is 69.3 cm³/mol. The highest BCUT2D eigenvalue weighted by molar-refractivity contribution is 5.54. The lowest BCUT2D eigenvalue weighted by Gasteiger charge is -2.10. The molecule has 0 aliphatic rings. The Morgan fingerprint density at radius 2 is 2.21 bits per heavy atom. The Balaban J connectivity index is 2.13. The fraction of sp³-hybridized carbons (Fsp3) is 0.583. The van der Waals surface area contributed by atoms with Crippen LogP contribution in [0.3, 0.4) is 0 Å². The Kier molecular flexibility index (Phi) is 3.96. The van der Waals surface area contributed by atoms with Crippen LogP contribution in [0, 0.1) is 6.92 Å². The van der Waals surface area contributed by atoms with Crippen LogP contribution in [0.15, 0.2) is 10.7 Å². The summed E-state index contributed by atoms with van der Waals surface area (Å²) in [6.07, 6.45) is 1.82. The maximum absolute atomic E-state index is 5.95. The van der Waals surface area contributed by atoms with E-state index in [1.165, 1.54) is 0 Å². The highest BCUT2D eigenvalue weighted by Gasteiger charge is 2.18. The monoisotopic (exact) mass is 265 g/mol. The molecule has 2 N–H and O–H groups in total. The van der Waals surface area contributed by atoms with Crippen LogP contribution < -0.4 is 5.73 Å². The van der Waals surface area contributed by atoms with Gasteiger partial charge in [0.2, 0.25) is 0 Å². The first-order valence-electron chi connectivity index (χ1n) is 6.18. The van der Waals surface area contributed by atoms with Crippen molar-refractivity contribution >= 4 is 0 Å². The lowest BCUT2D eigenvalue weighted by atomic mass is 10.2. The average molecular weight is 265 g/mol. The van der Waals surface area contributed by atoms with Crippen LogP contribution in [0.25, 0.3) is 11.5 Å². The quantitative estimate of drug-likeness (QED) is 0.873. The van der Waals surface area contributed by atoms with Gasteiger partial charge in [-0.2, -0.15) is 10.1 Å². The zero-order chi connectivity index (χ0) is 14.0. The molecule has 0 saturated heterocycles. The van der Waals surface area contributed by atoms with E-state index >= 15 is 0 Å². The minimum Gasteiger partial charge on any atom is -0.377 e. The van der Waals surface area contributed by atoms with Gasteiger partial charge in [0.15, 0.2) is 5.82 Å². The lowest BCUT2D eigenvalue weighted by Crippen LogP contribution is -2.20. The van der Waals surface area contributed by atoms with Crippen molar-refractivity contribution < 1.29 is 9.26 Å². The molecular weight excluding hydrogens is 246 g/mol. The highest BCUT2D eigenvalue weighted by Crippen LogP contribution is 2.21. The van der Waals surface area contributed by atoms with Crippen molar-refractivity contribution in [1.82, 2.24) is 19.9 Å². The number of ether oxygens (including phenoxy) is 1. The summed E-state index contributed by atoms with van der Waals surface area (Å²) >= 11 is 0. The van der Waals surface area contributed by atoms with Crippen molar-refractivity contribution in [1.29, 1.82) is 0 Å². The second-order valence-corrected chi connectivity index (χ2v) is 4.71. The molecule has 1 atom stereocenters. The molecule has 0 spiro atoms. The third kappa shape index (κ3) is 2.99. The maximum Gasteiger partial charge on any atom is 0.261 e. The molecule has 0 bridgehead atoms. The molecule has 2 rings (SSSR count). The molecule has 2 aromatic rings. The van der Waals surface area contributed by atoms with Gasteiger partial charge >= 0.3 is 0 Å². The fourth-order valence-corrected chi connectivity index (χ4v) is 1.57. The van der Waals surface area contributed by atoms with Gasteiger partial charge in [0.05, 0.1) is 30.5 Å². The summed E-state index contributed by atoms with van der Waals surface area (Å²) in [5.41, 5.74) is 7.73. The van der Waals surface area contributed by atoms with Gasteiger partial charge < -0.3 is 15.0 Å². The fourth-order valence-electron chi connectivity index (χ4n) is 1.57. The summed E-state index contributed by atoms with van der Waals surface area (Å²) in [5, 5.41) is 8.03. The summed E-state index contributed by atoms with van der Waals surface area (Å²) in [7, 11) is 1.86. The Morgan fingerprint density at radius 3 is 2.79 bits per heavy atom. The molecule has 2 heterocycles. The summed E-state index contributed by atoms with van der Waals surface area (Å²) < 4.78 is 12.4. The number of nitrogens with zero attached hydrogens (tertiary/aromatic N) is 4. The van der Waals surface area contributed by atoms with E-state index < -0.39 is 6.04 Å². The number of aryl methyl sites for hydroxylation is 1. The van der Waals surface area contributed by atoms with Crippen LogP contribution in [0.2, 0.25) is 0 Å². The minimum absolute atomic E-state index is 0.123. The van der Waals surface area contributed by atoms with E-state index in [0.29, 0.717) is 18.3 Å². The third-order valence-electron chi connectivity index (χ3n) is 2.85. The van der Waals surface area contributed by atoms with E-state index in [1.807, 2.05) is 27.8 Å². The SMILES string of the molecule is Cc1c(-c2nc(C(N)COC(C)C)no2)cnn1C. The number of rotatable bonds is 5. The number of hydrogen-bond donors (Lipinski definition) is 1. The molecule has 7 heteroatoms. The second-order valence-electron chi connectivity index (χ2n) is 4.71. The minimum atomic E-state index is -0.392. The average Bonchev–Trinajstić information content (AvgIpc) is 2.95. The lowest BCUT2D eigenvalue weighted by molar-refractivity contribution is 0.0665. The van der Waals surface area contributed by atoms with Crippen LogP contribution in [0.5, 0.6) is 0 Å².